The summed E-state index contributed by atoms with van der Waals surface area (Å²) in [5.74, 6) is 1.75. The number of anilines is 2. The van der Waals surface area contributed by atoms with Crippen molar-refractivity contribution in [1.82, 2.24) is 9.97 Å². The molecule has 5 nitrogen and oxygen atoms in total. The molecule has 1 aliphatic rings. The van der Waals surface area contributed by atoms with Crippen LogP contribution in [0.15, 0.2) is 24.0 Å². The minimum atomic E-state index is 0.762. The highest BCUT2D eigenvalue weighted by Crippen LogP contribution is 2.20. The van der Waals surface area contributed by atoms with Crippen molar-refractivity contribution in [3.63, 3.8) is 0 Å². The van der Waals surface area contributed by atoms with Gasteiger partial charge in [-0.15, -0.1) is 0 Å². The molecule has 1 aliphatic carbocycles. The van der Waals surface area contributed by atoms with Crippen LogP contribution >= 0.6 is 0 Å². The highest BCUT2D eigenvalue weighted by Gasteiger charge is 2.03. The van der Waals surface area contributed by atoms with Gasteiger partial charge in [-0.3, -0.25) is 0 Å². The largest absolute Gasteiger partial charge is 0.385 e. The lowest BCUT2D eigenvalue weighted by molar-refractivity contribution is 0.198. The molecule has 0 unspecified atom stereocenters. The summed E-state index contributed by atoms with van der Waals surface area (Å²) in [6.45, 7) is 2.56. The number of hydrogen-bond donors (Lipinski definition) is 2. The van der Waals surface area contributed by atoms with Gasteiger partial charge in [0.1, 0.15) is 18.0 Å². The second-order valence-electron chi connectivity index (χ2n) is 5.35. The van der Waals surface area contributed by atoms with Gasteiger partial charge >= 0.3 is 0 Å². The molecule has 1 aromatic heterocycles. The van der Waals surface area contributed by atoms with E-state index < -0.39 is 0 Å². The minimum absolute atomic E-state index is 0.762. The molecule has 5 heteroatoms. The Morgan fingerprint density at radius 3 is 2.67 bits per heavy atom. The monoisotopic (exact) mass is 290 g/mol. The van der Waals surface area contributed by atoms with Gasteiger partial charge in [-0.1, -0.05) is 11.6 Å². The fourth-order valence-electron chi connectivity index (χ4n) is 2.47. The highest BCUT2D eigenvalue weighted by molar-refractivity contribution is 5.46. The predicted octanol–water partition coefficient (Wildman–Crippen LogP) is 3.23. The number of nitrogens with one attached hydrogen (secondary N) is 2. The first-order valence-corrected chi connectivity index (χ1v) is 7.85. The number of aromatic nitrogens is 2. The molecule has 21 heavy (non-hydrogen) atoms. The minimum Gasteiger partial charge on any atom is -0.385 e. The van der Waals surface area contributed by atoms with Gasteiger partial charge in [0.2, 0.25) is 0 Å². The van der Waals surface area contributed by atoms with E-state index in [1.54, 1.807) is 19.0 Å². The van der Waals surface area contributed by atoms with Crippen LogP contribution in [-0.4, -0.2) is 36.8 Å². The summed E-state index contributed by atoms with van der Waals surface area (Å²) in [5.41, 5.74) is 1.58. The molecule has 0 aliphatic heterocycles. The third-order valence-corrected chi connectivity index (χ3v) is 3.64. The maximum absolute atomic E-state index is 5.02. The Labute approximate surface area is 127 Å². The van der Waals surface area contributed by atoms with Crippen LogP contribution in [0.25, 0.3) is 0 Å². The van der Waals surface area contributed by atoms with Crippen LogP contribution in [0, 0.1) is 0 Å². The number of methoxy groups -OCH3 is 1. The molecule has 2 rings (SSSR count). The Morgan fingerprint density at radius 1 is 1.14 bits per heavy atom. The van der Waals surface area contributed by atoms with Crippen molar-refractivity contribution in [2.75, 3.05) is 37.4 Å². The van der Waals surface area contributed by atoms with E-state index in [2.05, 4.69) is 26.7 Å². The Kier molecular flexibility index (Phi) is 7.01. The molecule has 0 aromatic carbocycles. The summed E-state index contributed by atoms with van der Waals surface area (Å²) < 4.78 is 5.02. The van der Waals surface area contributed by atoms with E-state index in [-0.39, 0.29) is 0 Å². The molecule has 2 N–H and O–H groups in total. The molecule has 0 bridgehead atoms. The van der Waals surface area contributed by atoms with Crippen molar-refractivity contribution in [1.29, 1.82) is 0 Å². The lowest BCUT2D eigenvalue weighted by Gasteiger charge is -2.13. The van der Waals surface area contributed by atoms with Crippen LogP contribution in [0.3, 0.4) is 0 Å². The second kappa shape index (κ2) is 9.34. The number of ether oxygens (including phenoxy) is 1. The summed E-state index contributed by atoms with van der Waals surface area (Å²) in [6, 6.07) is 1.96. The normalized spacial score (nSPS) is 14.6. The summed E-state index contributed by atoms with van der Waals surface area (Å²) in [5, 5.41) is 6.65. The molecule has 116 valence electrons. The van der Waals surface area contributed by atoms with E-state index in [1.165, 1.54) is 25.7 Å². The van der Waals surface area contributed by atoms with E-state index in [1.807, 2.05) is 6.07 Å². The van der Waals surface area contributed by atoms with E-state index in [9.17, 15) is 0 Å². The van der Waals surface area contributed by atoms with Gasteiger partial charge in [-0.05, 0) is 38.5 Å². The zero-order valence-corrected chi connectivity index (χ0v) is 12.9. The summed E-state index contributed by atoms with van der Waals surface area (Å²) in [6.07, 6.45) is 11.3. The van der Waals surface area contributed by atoms with Crippen LogP contribution in [0.5, 0.6) is 0 Å². The molecule has 0 amide bonds. The predicted molar refractivity (Wildman–Crippen MR) is 86.7 cm³/mol. The van der Waals surface area contributed by atoms with E-state index in [0.717, 1.165) is 44.2 Å². The summed E-state index contributed by atoms with van der Waals surface area (Å²) >= 11 is 0. The molecular weight excluding hydrogens is 264 g/mol. The Bertz CT molecular complexity index is 448. The zero-order valence-electron chi connectivity index (χ0n) is 12.9. The Hall–Kier alpha value is -1.62. The molecule has 0 saturated heterocycles. The second-order valence-corrected chi connectivity index (χ2v) is 5.35. The fraction of sp³-hybridized carbons (Fsp3) is 0.625. The smallest absolute Gasteiger partial charge is 0.131 e. The van der Waals surface area contributed by atoms with Crippen LogP contribution in [-0.2, 0) is 4.74 Å². The molecule has 1 aromatic rings. The molecule has 0 atom stereocenters. The fourth-order valence-corrected chi connectivity index (χ4v) is 2.47. The first kappa shape index (κ1) is 15.8. The van der Waals surface area contributed by atoms with Crippen molar-refractivity contribution in [3.05, 3.63) is 24.0 Å². The molecular formula is C16H26N4O. The quantitative estimate of drug-likeness (QED) is 0.540. The van der Waals surface area contributed by atoms with Crippen LogP contribution in [0.1, 0.15) is 38.5 Å². The number of allylic oxidation sites excluding steroid dienone is 1. The number of hydrogen-bond acceptors (Lipinski definition) is 5. The summed E-state index contributed by atoms with van der Waals surface area (Å²) in [4.78, 5) is 8.48. The van der Waals surface area contributed by atoms with Gasteiger partial charge in [0.25, 0.3) is 0 Å². The molecule has 0 saturated carbocycles. The maximum Gasteiger partial charge on any atom is 0.131 e. The zero-order chi connectivity index (χ0) is 14.8. The van der Waals surface area contributed by atoms with Gasteiger partial charge in [0.05, 0.1) is 0 Å². The van der Waals surface area contributed by atoms with Gasteiger partial charge in [-0.2, -0.15) is 0 Å². The number of nitrogens with zero attached hydrogens (tertiary/aromatic N) is 2. The van der Waals surface area contributed by atoms with Gasteiger partial charge in [-0.25, -0.2) is 9.97 Å². The van der Waals surface area contributed by atoms with E-state index >= 15 is 0 Å². The third kappa shape index (κ3) is 6.12. The third-order valence-electron chi connectivity index (χ3n) is 3.64. The topological polar surface area (TPSA) is 59.1 Å². The standard InChI is InChI=1S/C16H26N4O/c1-21-11-5-9-17-15-12-16(20-13-19-15)18-10-8-14-6-3-2-4-7-14/h6,12-13H,2-5,7-11H2,1H3,(H2,17,18,19,20). The molecule has 1 heterocycles. The van der Waals surface area contributed by atoms with Gasteiger partial charge in [0.15, 0.2) is 0 Å². The first-order chi connectivity index (χ1) is 10.4. The SMILES string of the molecule is COCCCNc1cc(NCCC2=CCCCC2)ncn1. The average Bonchev–Trinajstić information content (AvgIpc) is 2.53. The maximum atomic E-state index is 5.02. The Morgan fingerprint density at radius 2 is 1.95 bits per heavy atom. The highest BCUT2D eigenvalue weighted by atomic mass is 16.5. The molecule has 0 spiro atoms. The van der Waals surface area contributed by atoms with Crippen molar-refractivity contribution in [2.45, 2.75) is 38.5 Å². The van der Waals surface area contributed by atoms with Crippen LogP contribution in [0.4, 0.5) is 11.6 Å². The van der Waals surface area contributed by atoms with Crippen molar-refractivity contribution in [3.8, 4) is 0 Å². The van der Waals surface area contributed by atoms with Crippen LogP contribution < -0.4 is 10.6 Å². The molecule has 0 radical (unpaired) electrons. The number of rotatable bonds is 9. The van der Waals surface area contributed by atoms with Crippen molar-refractivity contribution in [2.24, 2.45) is 0 Å². The lowest BCUT2D eigenvalue weighted by Crippen LogP contribution is -2.09. The van der Waals surface area contributed by atoms with Crippen LogP contribution in [0.2, 0.25) is 0 Å². The average molecular weight is 290 g/mol. The first-order valence-electron chi connectivity index (χ1n) is 7.85. The van der Waals surface area contributed by atoms with E-state index in [4.69, 9.17) is 4.74 Å². The van der Waals surface area contributed by atoms with Gasteiger partial charge < -0.3 is 15.4 Å². The van der Waals surface area contributed by atoms with E-state index in [0.29, 0.717) is 0 Å². The van der Waals surface area contributed by atoms with Crippen molar-refractivity contribution >= 4 is 11.6 Å². The van der Waals surface area contributed by atoms with Gasteiger partial charge in [0, 0.05) is 32.9 Å². The van der Waals surface area contributed by atoms with Crippen molar-refractivity contribution < 1.29 is 4.74 Å². The summed E-state index contributed by atoms with van der Waals surface area (Å²) in [7, 11) is 1.72. The Balaban J connectivity index is 1.71. The molecule has 0 fully saturated rings. The lowest BCUT2D eigenvalue weighted by atomic mass is 9.97.